The summed E-state index contributed by atoms with van der Waals surface area (Å²) < 4.78 is 5.70. The molecule has 110 valence electrons. The minimum atomic E-state index is 0.114. The summed E-state index contributed by atoms with van der Waals surface area (Å²) in [6.07, 6.45) is 5.05. The summed E-state index contributed by atoms with van der Waals surface area (Å²) in [4.78, 5) is 11.7. The van der Waals surface area contributed by atoms with Crippen molar-refractivity contribution in [2.45, 2.75) is 51.2 Å². The Morgan fingerprint density at radius 1 is 1.35 bits per heavy atom. The number of hydrogen-bond donors (Lipinski definition) is 2. The van der Waals surface area contributed by atoms with E-state index in [4.69, 9.17) is 10.5 Å². The van der Waals surface area contributed by atoms with E-state index in [0.717, 1.165) is 31.4 Å². The van der Waals surface area contributed by atoms with Gasteiger partial charge in [0.25, 0.3) is 0 Å². The van der Waals surface area contributed by atoms with Crippen molar-refractivity contribution in [2.75, 3.05) is 12.3 Å². The number of anilines is 1. The number of rotatable bonds is 6. The molecule has 1 aliphatic heterocycles. The molecule has 3 N–H and O–H groups in total. The molecule has 0 aliphatic carbocycles. The monoisotopic (exact) mass is 276 g/mol. The third-order valence-corrected chi connectivity index (χ3v) is 3.73. The van der Waals surface area contributed by atoms with Gasteiger partial charge in [0.2, 0.25) is 5.91 Å². The molecule has 2 atom stereocenters. The van der Waals surface area contributed by atoms with E-state index in [1.807, 2.05) is 24.3 Å². The number of carbonyl (C=O) groups excluding carboxylic acids is 1. The van der Waals surface area contributed by atoms with Crippen LogP contribution in [0.4, 0.5) is 5.69 Å². The Morgan fingerprint density at radius 3 is 2.75 bits per heavy atom. The van der Waals surface area contributed by atoms with Gasteiger partial charge in [0, 0.05) is 18.7 Å². The first kappa shape index (κ1) is 14.9. The van der Waals surface area contributed by atoms with Crippen molar-refractivity contribution in [3.8, 4) is 0 Å². The second kappa shape index (κ2) is 7.29. The van der Waals surface area contributed by atoms with Crippen LogP contribution in [0.3, 0.4) is 0 Å². The van der Waals surface area contributed by atoms with Crippen molar-refractivity contribution in [1.29, 1.82) is 0 Å². The number of ether oxygens (including phenoxy) is 1. The molecule has 0 bridgehead atoms. The van der Waals surface area contributed by atoms with Crippen molar-refractivity contribution >= 4 is 11.6 Å². The highest BCUT2D eigenvalue weighted by Crippen LogP contribution is 2.22. The molecular weight excluding hydrogens is 252 g/mol. The lowest BCUT2D eigenvalue weighted by Crippen LogP contribution is -2.26. The topological polar surface area (TPSA) is 64.4 Å². The van der Waals surface area contributed by atoms with Crippen LogP contribution in [0.5, 0.6) is 0 Å². The highest BCUT2D eigenvalue weighted by molar-refractivity contribution is 5.75. The Balaban J connectivity index is 1.59. The zero-order chi connectivity index (χ0) is 14.4. The van der Waals surface area contributed by atoms with E-state index in [9.17, 15) is 4.79 Å². The van der Waals surface area contributed by atoms with Crippen LogP contribution in [0.2, 0.25) is 0 Å². The molecule has 1 aromatic rings. The summed E-state index contributed by atoms with van der Waals surface area (Å²) in [5.41, 5.74) is 7.59. The van der Waals surface area contributed by atoms with Crippen LogP contribution in [-0.4, -0.2) is 24.7 Å². The molecule has 1 aromatic carbocycles. The molecule has 0 spiro atoms. The summed E-state index contributed by atoms with van der Waals surface area (Å²) in [5.74, 6) is 0.114. The smallest absolute Gasteiger partial charge is 0.220 e. The van der Waals surface area contributed by atoms with Crippen LogP contribution in [0.1, 0.15) is 38.2 Å². The normalized spacial score (nSPS) is 21.9. The molecule has 20 heavy (non-hydrogen) atoms. The molecule has 2 rings (SSSR count). The summed E-state index contributed by atoms with van der Waals surface area (Å²) in [7, 11) is 0. The largest absolute Gasteiger partial charge is 0.399 e. The molecule has 1 heterocycles. The molecule has 4 nitrogen and oxygen atoms in total. The average molecular weight is 276 g/mol. The van der Waals surface area contributed by atoms with Crippen LogP contribution < -0.4 is 11.1 Å². The van der Waals surface area contributed by atoms with Crippen molar-refractivity contribution in [1.82, 2.24) is 5.32 Å². The molecular formula is C16H24N2O2. The molecule has 4 heteroatoms. The highest BCUT2D eigenvalue weighted by atomic mass is 16.5. The molecule has 1 saturated heterocycles. The van der Waals surface area contributed by atoms with Crippen LogP contribution in [0.15, 0.2) is 24.3 Å². The minimum Gasteiger partial charge on any atom is -0.399 e. The van der Waals surface area contributed by atoms with Crippen molar-refractivity contribution in [3.05, 3.63) is 29.8 Å². The first-order chi connectivity index (χ1) is 9.63. The van der Waals surface area contributed by atoms with Gasteiger partial charge in [0.05, 0.1) is 12.2 Å². The van der Waals surface area contributed by atoms with Gasteiger partial charge in [-0.1, -0.05) is 12.1 Å². The summed E-state index contributed by atoms with van der Waals surface area (Å²) in [6.45, 7) is 2.76. The van der Waals surface area contributed by atoms with Crippen molar-refractivity contribution < 1.29 is 9.53 Å². The number of benzene rings is 1. The van der Waals surface area contributed by atoms with Gasteiger partial charge in [-0.2, -0.15) is 0 Å². The lowest BCUT2D eigenvalue weighted by Gasteiger charge is -2.11. The number of nitrogen functional groups attached to an aromatic ring is 1. The first-order valence-electron chi connectivity index (χ1n) is 7.40. The second-order valence-electron chi connectivity index (χ2n) is 5.53. The fourth-order valence-electron chi connectivity index (χ4n) is 2.51. The Bertz CT molecular complexity index is 431. The van der Waals surface area contributed by atoms with Crippen molar-refractivity contribution in [2.24, 2.45) is 0 Å². The van der Waals surface area contributed by atoms with E-state index in [1.54, 1.807) is 0 Å². The van der Waals surface area contributed by atoms with Gasteiger partial charge in [0.1, 0.15) is 0 Å². The van der Waals surface area contributed by atoms with E-state index in [0.29, 0.717) is 19.1 Å². The summed E-state index contributed by atoms with van der Waals surface area (Å²) in [6, 6.07) is 7.76. The molecule has 1 aliphatic rings. The maximum Gasteiger partial charge on any atom is 0.220 e. The number of hydrogen-bond acceptors (Lipinski definition) is 3. The maximum atomic E-state index is 11.7. The van der Waals surface area contributed by atoms with Crippen LogP contribution in [0, 0.1) is 0 Å². The number of nitrogens with two attached hydrogens (primary N) is 1. The summed E-state index contributed by atoms with van der Waals surface area (Å²) >= 11 is 0. The Morgan fingerprint density at radius 2 is 2.10 bits per heavy atom. The average Bonchev–Trinajstić information content (AvgIpc) is 2.85. The van der Waals surface area contributed by atoms with Gasteiger partial charge in [0.15, 0.2) is 0 Å². The summed E-state index contributed by atoms with van der Waals surface area (Å²) in [5, 5.41) is 2.96. The van der Waals surface area contributed by atoms with Crippen LogP contribution in [0.25, 0.3) is 0 Å². The van der Waals surface area contributed by atoms with Gasteiger partial charge >= 0.3 is 0 Å². The Hall–Kier alpha value is -1.55. The van der Waals surface area contributed by atoms with E-state index in [-0.39, 0.29) is 12.0 Å². The molecule has 0 aromatic heterocycles. The fourth-order valence-corrected chi connectivity index (χ4v) is 2.51. The minimum absolute atomic E-state index is 0.114. The standard InChI is InChI=1S/C16H24N2O2/c1-12-2-7-15(20-12)8-9-16(19)18-11-10-13-3-5-14(17)6-4-13/h3-6,12,15H,2,7-11,17H2,1H3,(H,18,19). The Kier molecular flexibility index (Phi) is 5.41. The quantitative estimate of drug-likeness (QED) is 0.783. The van der Waals surface area contributed by atoms with Gasteiger partial charge in [-0.05, 0) is 50.3 Å². The zero-order valence-electron chi connectivity index (χ0n) is 12.1. The van der Waals surface area contributed by atoms with Gasteiger partial charge in [-0.15, -0.1) is 0 Å². The molecule has 2 unspecified atom stereocenters. The van der Waals surface area contributed by atoms with E-state index in [2.05, 4.69) is 12.2 Å². The van der Waals surface area contributed by atoms with Crippen molar-refractivity contribution in [3.63, 3.8) is 0 Å². The lowest BCUT2D eigenvalue weighted by molar-refractivity contribution is -0.121. The highest BCUT2D eigenvalue weighted by Gasteiger charge is 2.21. The van der Waals surface area contributed by atoms with E-state index < -0.39 is 0 Å². The Labute approximate surface area is 120 Å². The van der Waals surface area contributed by atoms with Crippen LogP contribution >= 0.6 is 0 Å². The fraction of sp³-hybridized carbons (Fsp3) is 0.562. The molecule has 1 amide bonds. The SMILES string of the molecule is CC1CCC(CCC(=O)NCCc2ccc(N)cc2)O1. The van der Waals surface area contributed by atoms with Gasteiger partial charge in [-0.3, -0.25) is 4.79 Å². The predicted octanol–water partition coefficient (Wildman–Crippen LogP) is 2.28. The van der Waals surface area contributed by atoms with Gasteiger partial charge < -0.3 is 15.8 Å². The lowest BCUT2D eigenvalue weighted by atomic mass is 10.1. The third-order valence-electron chi connectivity index (χ3n) is 3.73. The number of carbonyl (C=O) groups is 1. The second-order valence-corrected chi connectivity index (χ2v) is 5.53. The number of amides is 1. The van der Waals surface area contributed by atoms with Crippen LogP contribution in [-0.2, 0) is 16.0 Å². The third kappa shape index (κ3) is 4.85. The molecule has 0 saturated carbocycles. The molecule has 1 fully saturated rings. The maximum absolute atomic E-state index is 11.7. The van der Waals surface area contributed by atoms with E-state index in [1.165, 1.54) is 5.56 Å². The van der Waals surface area contributed by atoms with Gasteiger partial charge in [-0.25, -0.2) is 0 Å². The molecule has 0 radical (unpaired) electrons. The van der Waals surface area contributed by atoms with E-state index >= 15 is 0 Å². The predicted molar refractivity (Wildman–Crippen MR) is 80.4 cm³/mol. The zero-order valence-corrected chi connectivity index (χ0v) is 12.1. The number of nitrogens with one attached hydrogen (secondary N) is 1. The first-order valence-corrected chi connectivity index (χ1v) is 7.40.